The minimum absolute atomic E-state index is 0.103. The summed E-state index contributed by atoms with van der Waals surface area (Å²) in [6, 6.07) is 5.15. The Morgan fingerprint density at radius 3 is 2.19 bits per heavy atom. The standard InChI is InChI=1S/C13H19NO5S2/c1-14-12-7-8-19-9-13(12)21(17,18)11-5-3-10(4-6-11)20(2,15)16/h3-6,12-14H,7-9H2,1-2H3. The van der Waals surface area contributed by atoms with E-state index in [1.807, 2.05) is 0 Å². The Morgan fingerprint density at radius 1 is 1.10 bits per heavy atom. The van der Waals surface area contributed by atoms with E-state index in [2.05, 4.69) is 5.32 Å². The van der Waals surface area contributed by atoms with E-state index in [0.717, 1.165) is 6.26 Å². The molecule has 1 aliphatic rings. The Balaban J connectivity index is 2.35. The van der Waals surface area contributed by atoms with Crippen molar-refractivity contribution in [2.45, 2.75) is 27.5 Å². The molecule has 0 saturated carbocycles. The predicted octanol–water partition coefficient (Wildman–Crippen LogP) is 0.241. The highest BCUT2D eigenvalue weighted by molar-refractivity contribution is 7.92. The van der Waals surface area contributed by atoms with E-state index in [9.17, 15) is 16.8 Å². The molecule has 21 heavy (non-hydrogen) atoms. The lowest BCUT2D eigenvalue weighted by atomic mass is 10.1. The van der Waals surface area contributed by atoms with Gasteiger partial charge in [-0.25, -0.2) is 16.8 Å². The molecule has 0 radical (unpaired) electrons. The smallest absolute Gasteiger partial charge is 0.185 e. The molecule has 1 saturated heterocycles. The zero-order chi connectivity index (χ0) is 15.7. The molecule has 1 aliphatic heterocycles. The van der Waals surface area contributed by atoms with Crippen molar-refractivity contribution in [1.82, 2.24) is 5.32 Å². The molecule has 1 N–H and O–H groups in total. The van der Waals surface area contributed by atoms with Crippen LogP contribution >= 0.6 is 0 Å². The Kier molecular flexibility index (Phi) is 4.72. The monoisotopic (exact) mass is 333 g/mol. The number of rotatable bonds is 4. The van der Waals surface area contributed by atoms with Crippen LogP contribution in [0.1, 0.15) is 6.42 Å². The van der Waals surface area contributed by atoms with Crippen LogP contribution in [-0.2, 0) is 24.4 Å². The van der Waals surface area contributed by atoms with Crippen molar-refractivity contribution in [3.8, 4) is 0 Å². The van der Waals surface area contributed by atoms with Crippen LogP contribution in [0.25, 0.3) is 0 Å². The molecule has 1 heterocycles. The number of hydrogen-bond acceptors (Lipinski definition) is 6. The first-order valence-electron chi connectivity index (χ1n) is 6.56. The van der Waals surface area contributed by atoms with E-state index in [4.69, 9.17) is 4.74 Å². The predicted molar refractivity (Wildman–Crippen MR) is 78.8 cm³/mol. The molecule has 6 nitrogen and oxygen atoms in total. The molecule has 0 spiro atoms. The first-order valence-corrected chi connectivity index (χ1v) is 9.99. The van der Waals surface area contributed by atoms with Crippen LogP contribution in [0.3, 0.4) is 0 Å². The second kappa shape index (κ2) is 6.04. The molecule has 2 rings (SSSR count). The summed E-state index contributed by atoms with van der Waals surface area (Å²) in [5, 5.41) is 2.34. The molecule has 0 amide bonds. The van der Waals surface area contributed by atoms with Crippen LogP contribution in [0.4, 0.5) is 0 Å². The SMILES string of the molecule is CNC1CCOCC1S(=O)(=O)c1ccc(S(C)(=O)=O)cc1. The van der Waals surface area contributed by atoms with Gasteiger partial charge in [0, 0.05) is 18.9 Å². The van der Waals surface area contributed by atoms with E-state index >= 15 is 0 Å². The molecule has 1 aromatic rings. The molecular weight excluding hydrogens is 314 g/mol. The molecule has 1 fully saturated rings. The minimum atomic E-state index is -3.57. The Labute approximate surface area is 125 Å². The van der Waals surface area contributed by atoms with Gasteiger partial charge in [0.1, 0.15) is 5.25 Å². The zero-order valence-electron chi connectivity index (χ0n) is 11.9. The van der Waals surface area contributed by atoms with Crippen molar-refractivity contribution in [1.29, 1.82) is 0 Å². The highest BCUT2D eigenvalue weighted by Crippen LogP contribution is 2.24. The zero-order valence-corrected chi connectivity index (χ0v) is 13.6. The molecule has 2 unspecified atom stereocenters. The Morgan fingerprint density at radius 2 is 1.67 bits per heavy atom. The molecule has 118 valence electrons. The van der Waals surface area contributed by atoms with E-state index < -0.39 is 24.9 Å². The van der Waals surface area contributed by atoms with E-state index in [-0.39, 0.29) is 22.4 Å². The summed E-state index contributed by atoms with van der Waals surface area (Å²) in [6.45, 7) is 0.673. The number of ether oxygens (including phenoxy) is 1. The fourth-order valence-electron chi connectivity index (χ4n) is 2.40. The van der Waals surface area contributed by atoms with Gasteiger partial charge in [0.15, 0.2) is 19.7 Å². The highest BCUT2D eigenvalue weighted by Gasteiger charge is 2.36. The molecule has 0 bridgehead atoms. The van der Waals surface area contributed by atoms with Crippen LogP contribution in [-0.4, -0.2) is 54.6 Å². The third-order valence-corrected chi connectivity index (χ3v) is 6.97. The van der Waals surface area contributed by atoms with Crippen molar-refractivity contribution >= 4 is 19.7 Å². The fraction of sp³-hybridized carbons (Fsp3) is 0.538. The third-order valence-electron chi connectivity index (χ3n) is 3.65. The Hall–Kier alpha value is -0.960. The molecule has 2 atom stereocenters. The van der Waals surface area contributed by atoms with Gasteiger partial charge in [-0.2, -0.15) is 0 Å². The number of nitrogens with one attached hydrogen (secondary N) is 1. The van der Waals surface area contributed by atoms with E-state index in [0.29, 0.717) is 13.0 Å². The van der Waals surface area contributed by atoms with Crippen LogP contribution in [0.5, 0.6) is 0 Å². The first-order chi connectivity index (χ1) is 9.76. The van der Waals surface area contributed by atoms with Gasteiger partial charge in [-0.05, 0) is 37.7 Å². The van der Waals surface area contributed by atoms with Crippen molar-refractivity contribution in [3.05, 3.63) is 24.3 Å². The topological polar surface area (TPSA) is 89.5 Å². The van der Waals surface area contributed by atoms with Gasteiger partial charge in [-0.15, -0.1) is 0 Å². The average Bonchev–Trinajstić information content (AvgIpc) is 2.46. The number of benzene rings is 1. The van der Waals surface area contributed by atoms with Crippen LogP contribution < -0.4 is 5.32 Å². The van der Waals surface area contributed by atoms with E-state index in [1.54, 1.807) is 7.05 Å². The van der Waals surface area contributed by atoms with Gasteiger partial charge in [0.25, 0.3) is 0 Å². The summed E-state index contributed by atoms with van der Waals surface area (Å²) < 4.78 is 53.4. The van der Waals surface area contributed by atoms with Crippen LogP contribution in [0, 0.1) is 0 Å². The van der Waals surface area contributed by atoms with Crippen molar-refractivity contribution in [2.75, 3.05) is 26.5 Å². The molecule has 8 heteroatoms. The second-order valence-corrected chi connectivity index (χ2v) is 9.27. The maximum atomic E-state index is 12.6. The lowest BCUT2D eigenvalue weighted by Gasteiger charge is -2.30. The van der Waals surface area contributed by atoms with Crippen molar-refractivity contribution in [3.63, 3.8) is 0 Å². The minimum Gasteiger partial charge on any atom is -0.380 e. The molecule has 1 aromatic carbocycles. The summed E-state index contributed by atoms with van der Waals surface area (Å²) in [5.74, 6) is 0. The molecule has 0 aliphatic carbocycles. The number of sulfone groups is 2. The lowest BCUT2D eigenvalue weighted by Crippen LogP contribution is -2.49. The summed E-state index contributed by atoms with van der Waals surface area (Å²) in [6.07, 6.45) is 1.71. The quantitative estimate of drug-likeness (QED) is 0.849. The number of hydrogen-bond donors (Lipinski definition) is 1. The second-order valence-electron chi connectivity index (χ2n) is 5.09. The van der Waals surface area contributed by atoms with E-state index in [1.165, 1.54) is 24.3 Å². The highest BCUT2D eigenvalue weighted by atomic mass is 32.2. The van der Waals surface area contributed by atoms with Gasteiger partial charge in [-0.3, -0.25) is 0 Å². The van der Waals surface area contributed by atoms with Gasteiger partial charge in [0.2, 0.25) is 0 Å². The fourth-order valence-corrected chi connectivity index (χ4v) is 4.87. The Bertz CT molecular complexity index is 695. The van der Waals surface area contributed by atoms with Gasteiger partial charge >= 0.3 is 0 Å². The summed E-state index contributed by atoms with van der Waals surface area (Å²) in [7, 11) is -5.18. The maximum Gasteiger partial charge on any atom is 0.185 e. The maximum absolute atomic E-state index is 12.6. The normalized spacial score (nSPS) is 23.9. The summed E-state index contributed by atoms with van der Waals surface area (Å²) in [4.78, 5) is 0.220. The van der Waals surface area contributed by atoms with Crippen molar-refractivity contribution in [2.24, 2.45) is 0 Å². The largest absolute Gasteiger partial charge is 0.380 e. The first kappa shape index (κ1) is 16.4. The van der Waals surface area contributed by atoms with Crippen LogP contribution in [0.2, 0.25) is 0 Å². The van der Waals surface area contributed by atoms with Gasteiger partial charge in [-0.1, -0.05) is 0 Å². The van der Waals surface area contributed by atoms with Crippen molar-refractivity contribution < 1.29 is 21.6 Å². The van der Waals surface area contributed by atoms with Crippen LogP contribution in [0.15, 0.2) is 34.1 Å². The molecule has 0 aromatic heterocycles. The summed E-state index contributed by atoms with van der Waals surface area (Å²) in [5.41, 5.74) is 0. The molecular formula is C13H19NO5S2. The third kappa shape index (κ3) is 3.45. The van der Waals surface area contributed by atoms with Gasteiger partial charge < -0.3 is 10.1 Å². The lowest BCUT2D eigenvalue weighted by molar-refractivity contribution is 0.0825. The van der Waals surface area contributed by atoms with Gasteiger partial charge in [0.05, 0.1) is 16.4 Å². The average molecular weight is 333 g/mol. The summed E-state index contributed by atoms with van der Waals surface area (Å²) >= 11 is 0.